The van der Waals surface area contributed by atoms with E-state index in [-0.39, 0.29) is 5.91 Å². The predicted octanol–water partition coefficient (Wildman–Crippen LogP) is 3.96. The van der Waals surface area contributed by atoms with E-state index in [4.69, 9.17) is 0 Å². The molecular weight excluding hydrogens is 365 g/mol. The van der Waals surface area contributed by atoms with Crippen molar-refractivity contribution in [3.63, 3.8) is 0 Å². The second kappa shape index (κ2) is 5.60. The minimum atomic E-state index is -4.39. The molecule has 0 bridgehead atoms. The van der Waals surface area contributed by atoms with E-state index in [2.05, 4.69) is 10.3 Å². The first kappa shape index (κ1) is 16.6. The molecule has 1 N–H and O–H groups in total. The molecule has 3 heterocycles. The summed E-state index contributed by atoms with van der Waals surface area (Å²) in [4.78, 5) is 16.9. The maximum absolute atomic E-state index is 12.8. The van der Waals surface area contributed by atoms with Gasteiger partial charge in [-0.15, -0.1) is 11.3 Å². The molecule has 0 saturated carbocycles. The molecule has 9 heteroatoms. The van der Waals surface area contributed by atoms with Crippen molar-refractivity contribution in [3.05, 3.63) is 47.1 Å². The van der Waals surface area contributed by atoms with Crippen LogP contribution in [0, 0.1) is 0 Å². The summed E-state index contributed by atoms with van der Waals surface area (Å²) in [6.07, 6.45) is -2.75. The zero-order valence-electron chi connectivity index (χ0n) is 13.8. The maximum Gasteiger partial charge on any atom is 0.416 e. The van der Waals surface area contributed by atoms with Crippen LogP contribution >= 0.6 is 11.3 Å². The van der Waals surface area contributed by atoms with Gasteiger partial charge in [0.2, 0.25) is 0 Å². The Morgan fingerprint density at radius 1 is 1.23 bits per heavy atom. The number of fused-ring (bicyclic) bond motifs is 3. The highest BCUT2D eigenvalue weighted by molar-refractivity contribution is 7.21. The number of aromatic nitrogens is 3. The molecule has 4 aromatic rings. The fourth-order valence-corrected chi connectivity index (χ4v) is 4.14. The fraction of sp³-hybridized carbons (Fsp3) is 0.176. The predicted molar refractivity (Wildman–Crippen MR) is 93.8 cm³/mol. The van der Waals surface area contributed by atoms with Crippen LogP contribution in [0.5, 0.6) is 0 Å². The van der Waals surface area contributed by atoms with Crippen LogP contribution in [0.1, 0.15) is 15.2 Å². The maximum atomic E-state index is 12.8. The first-order valence-corrected chi connectivity index (χ1v) is 8.48. The normalized spacial score (nSPS) is 12.2. The minimum Gasteiger partial charge on any atom is -0.354 e. The smallest absolute Gasteiger partial charge is 0.354 e. The van der Waals surface area contributed by atoms with Crippen molar-refractivity contribution in [2.45, 2.75) is 6.18 Å². The Bertz CT molecular complexity index is 1140. The molecule has 0 spiro atoms. The Balaban J connectivity index is 1.98. The van der Waals surface area contributed by atoms with E-state index in [0.717, 1.165) is 27.9 Å². The van der Waals surface area contributed by atoms with Crippen LogP contribution in [-0.4, -0.2) is 27.1 Å². The van der Waals surface area contributed by atoms with Gasteiger partial charge >= 0.3 is 6.18 Å². The highest BCUT2D eigenvalue weighted by Gasteiger charge is 2.30. The molecule has 26 heavy (non-hydrogen) atoms. The van der Waals surface area contributed by atoms with Gasteiger partial charge in [0.15, 0.2) is 5.65 Å². The van der Waals surface area contributed by atoms with Crippen molar-refractivity contribution in [3.8, 4) is 5.69 Å². The van der Waals surface area contributed by atoms with Crippen LogP contribution in [0.25, 0.3) is 27.1 Å². The number of amides is 1. The van der Waals surface area contributed by atoms with Gasteiger partial charge in [0.25, 0.3) is 5.91 Å². The molecule has 0 radical (unpaired) electrons. The second-order valence-electron chi connectivity index (χ2n) is 5.81. The standard InChI is InChI=1S/C17H13F3N4OS/c1-21-16(25)12-7-11-14(26-12)13-15(22-8-23(13)2)24(11)10-5-3-9(4-6-10)17(18,19)20/h3-8H,1-2H3,(H,21,25). The molecule has 1 aromatic carbocycles. The van der Waals surface area contributed by atoms with Crippen molar-refractivity contribution in [2.24, 2.45) is 7.05 Å². The number of halogens is 3. The molecule has 0 aliphatic rings. The van der Waals surface area contributed by atoms with E-state index in [1.165, 1.54) is 23.5 Å². The van der Waals surface area contributed by atoms with Gasteiger partial charge in [-0.2, -0.15) is 13.2 Å². The lowest BCUT2D eigenvalue weighted by Crippen LogP contribution is -2.16. The summed E-state index contributed by atoms with van der Waals surface area (Å²) in [5.41, 5.74) is 2.05. The van der Waals surface area contributed by atoms with Crippen LogP contribution in [0.3, 0.4) is 0 Å². The second-order valence-corrected chi connectivity index (χ2v) is 6.86. The van der Waals surface area contributed by atoms with Gasteiger partial charge in [-0.05, 0) is 30.3 Å². The quantitative estimate of drug-likeness (QED) is 0.574. The molecule has 134 valence electrons. The van der Waals surface area contributed by atoms with Crippen molar-refractivity contribution >= 4 is 38.6 Å². The summed E-state index contributed by atoms with van der Waals surface area (Å²) >= 11 is 1.33. The number of nitrogens with one attached hydrogen (secondary N) is 1. The topological polar surface area (TPSA) is 51.9 Å². The van der Waals surface area contributed by atoms with E-state index in [0.29, 0.717) is 16.2 Å². The molecule has 5 nitrogen and oxygen atoms in total. The summed E-state index contributed by atoms with van der Waals surface area (Å²) in [6, 6.07) is 6.64. The van der Waals surface area contributed by atoms with Crippen LogP contribution in [0.15, 0.2) is 36.7 Å². The Morgan fingerprint density at radius 2 is 1.92 bits per heavy atom. The number of imidazole rings is 1. The van der Waals surface area contributed by atoms with Gasteiger partial charge in [-0.1, -0.05) is 0 Å². The number of carbonyl (C=O) groups is 1. The Kier molecular flexibility index (Phi) is 3.58. The average molecular weight is 378 g/mol. The highest BCUT2D eigenvalue weighted by Crippen LogP contribution is 2.37. The minimum absolute atomic E-state index is 0.208. The van der Waals surface area contributed by atoms with Crippen molar-refractivity contribution < 1.29 is 18.0 Å². The summed E-state index contributed by atoms with van der Waals surface area (Å²) in [5.74, 6) is -0.208. The number of nitrogens with zero attached hydrogens (tertiary/aromatic N) is 3. The Hall–Kier alpha value is -2.81. The number of aryl methyl sites for hydroxylation is 1. The first-order valence-electron chi connectivity index (χ1n) is 7.66. The first-order chi connectivity index (χ1) is 12.3. The molecular formula is C17H13F3N4OS. The third-order valence-corrected chi connectivity index (χ3v) is 5.33. The zero-order chi connectivity index (χ0) is 18.6. The number of hydrogen-bond donors (Lipinski definition) is 1. The highest BCUT2D eigenvalue weighted by atomic mass is 32.1. The largest absolute Gasteiger partial charge is 0.416 e. The van der Waals surface area contributed by atoms with Crippen LogP contribution in [0.4, 0.5) is 13.2 Å². The van der Waals surface area contributed by atoms with Crippen molar-refractivity contribution in [1.82, 2.24) is 19.4 Å². The number of carbonyl (C=O) groups excluding carboxylic acids is 1. The number of thiophene rings is 1. The van der Waals surface area contributed by atoms with Gasteiger partial charge in [-0.3, -0.25) is 9.36 Å². The number of rotatable bonds is 2. The third kappa shape index (κ3) is 2.38. The zero-order valence-corrected chi connectivity index (χ0v) is 14.6. The summed E-state index contributed by atoms with van der Waals surface area (Å²) in [7, 11) is 3.39. The molecule has 0 atom stereocenters. The van der Waals surface area contributed by atoms with Gasteiger partial charge in [0.05, 0.1) is 27.0 Å². The Labute approximate surface area is 149 Å². The SMILES string of the molecule is CNC(=O)c1cc2c(s1)c1c(ncn1C)n2-c1ccc(C(F)(F)F)cc1. The molecule has 0 aliphatic heterocycles. The van der Waals surface area contributed by atoms with E-state index < -0.39 is 11.7 Å². The van der Waals surface area contributed by atoms with Crippen molar-refractivity contribution in [2.75, 3.05) is 7.05 Å². The molecule has 0 saturated heterocycles. The molecule has 1 amide bonds. The van der Waals surface area contributed by atoms with Crippen LogP contribution < -0.4 is 5.32 Å². The van der Waals surface area contributed by atoms with Crippen molar-refractivity contribution in [1.29, 1.82) is 0 Å². The number of alkyl halides is 3. The summed E-state index contributed by atoms with van der Waals surface area (Å²) in [5, 5.41) is 2.59. The van der Waals surface area contributed by atoms with E-state index >= 15 is 0 Å². The Morgan fingerprint density at radius 3 is 2.54 bits per heavy atom. The lowest BCUT2D eigenvalue weighted by molar-refractivity contribution is -0.137. The van der Waals surface area contributed by atoms with E-state index in [1.807, 2.05) is 11.6 Å². The monoisotopic (exact) mass is 378 g/mol. The van der Waals surface area contributed by atoms with Crippen LogP contribution in [0.2, 0.25) is 0 Å². The summed E-state index contributed by atoms with van der Waals surface area (Å²) < 4.78 is 43.0. The lowest BCUT2D eigenvalue weighted by Gasteiger charge is -2.09. The average Bonchev–Trinajstić information content (AvgIpc) is 3.25. The van der Waals surface area contributed by atoms with Gasteiger partial charge in [0.1, 0.15) is 5.52 Å². The lowest BCUT2D eigenvalue weighted by atomic mass is 10.2. The van der Waals surface area contributed by atoms with Gasteiger partial charge in [-0.25, -0.2) is 4.98 Å². The van der Waals surface area contributed by atoms with E-state index in [1.54, 1.807) is 24.0 Å². The van der Waals surface area contributed by atoms with Gasteiger partial charge in [0, 0.05) is 19.8 Å². The molecule has 0 fully saturated rings. The molecule has 4 rings (SSSR count). The number of hydrogen-bond acceptors (Lipinski definition) is 3. The number of benzene rings is 1. The molecule has 0 unspecified atom stereocenters. The van der Waals surface area contributed by atoms with Gasteiger partial charge < -0.3 is 9.88 Å². The van der Waals surface area contributed by atoms with Crippen LogP contribution in [-0.2, 0) is 13.2 Å². The summed E-state index contributed by atoms with van der Waals surface area (Å²) in [6.45, 7) is 0. The molecule has 3 aromatic heterocycles. The molecule has 0 aliphatic carbocycles. The van der Waals surface area contributed by atoms with E-state index in [9.17, 15) is 18.0 Å². The fourth-order valence-electron chi connectivity index (χ4n) is 2.97. The third-order valence-electron chi connectivity index (χ3n) is 4.20.